The summed E-state index contributed by atoms with van der Waals surface area (Å²) in [6, 6.07) is 8.40. The molecular weight excluding hydrogens is 238 g/mol. The summed E-state index contributed by atoms with van der Waals surface area (Å²) in [6.07, 6.45) is 0. The largest absolute Gasteiger partial charge is 0.337 e. The second kappa shape index (κ2) is 5.97. The topological polar surface area (TPSA) is 51.0 Å². The molecule has 102 valence electrons. The lowest BCUT2D eigenvalue weighted by atomic mass is 10.0. The van der Waals surface area contributed by atoms with E-state index >= 15 is 0 Å². The number of hydrogen-bond donors (Lipinski definition) is 1. The Kier molecular flexibility index (Phi) is 4.32. The van der Waals surface area contributed by atoms with E-state index in [0.29, 0.717) is 17.6 Å². The summed E-state index contributed by atoms with van der Waals surface area (Å²) in [7, 11) is 0. The van der Waals surface area contributed by atoms with Gasteiger partial charge in [0.15, 0.2) is 0 Å². The fourth-order valence-corrected chi connectivity index (χ4v) is 1.94. The average molecular weight is 259 g/mol. The summed E-state index contributed by atoms with van der Waals surface area (Å²) < 4.78 is 5.29. The zero-order valence-corrected chi connectivity index (χ0v) is 12.0. The second-order valence-corrected chi connectivity index (χ2v) is 5.01. The highest BCUT2D eigenvalue weighted by molar-refractivity contribution is 5.54. The van der Waals surface area contributed by atoms with Crippen molar-refractivity contribution in [2.24, 2.45) is 0 Å². The third-order valence-corrected chi connectivity index (χ3v) is 3.16. The highest BCUT2D eigenvalue weighted by Gasteiger charge is 2.14. The van der Waals surface area contributed by atoms with Crippen LogP contribution in [0.25, 0.3) is 11.4 Å². The zero-order valence-electron chi connectivity index (χ0n) is 12.0. The van der Waals surface area contributed by atoms with Crippen LogP contribution in [0.15, 0.2) is 28.8 Å². The first-order chi connectivity index (χ1) is 9.11. The van der Waals surface area contributed by atoms with Gasteiger partial charge in [-0.1, -0.05) is 50.2 Å². The molecule has 0 bridgehead atoms. The van der Waals surface area contributed by atoms with Gasteiger partial charge < -0.3 is 9.84 Å². The number of rotatable bonds is 5. The van der Waals surface area contributed by atoms with E-state index in [2.05, 4.69) is 48.4 Å². The van der Waals surface area contributed by atoms with Crippen LogP contribution >= 0.6 is 0 Å². The Balaban J connectivity index is 2.18. The summed E-state index contributed by atoms with van der Waals surface area (Å²) in [6.45, 7) is 9.31. The molecule has 1 aromatic heterocycles. The van der Waals surface area contributed by atoms with Gasteiger partial charge in [0.2, 0.25) is 11.7 Å². The van der Waals surface area contributed by atoms with E-state index in [1.54, 1.807) is 0 Å². The van der Waals surface area contributed by atoms with Gasteiger partial charge in [0.05, 0.1) is 6.04 Å². The molecule has 1 N–H and O–H groups in total. The van der Waals surface area contributed by atoms with Gasteiger partial charge in [-0.05, 0) is 24.9 Å². The first-order valence-corrected chi connectivity index (χ1v) is 6.79. The summed E-state index contributed by atoms with van der Waals surface area (Å²) in [5.74, 6) is 1.81. The molecular formula is C15H21N3O. The van der Waals surface area contributed by atoms with Crippen LogP contribution in [0.3, 0.4) is 0 Å². The fourth-order valence-electron chi connectivity index (χ4n) is 1.94. The molecule has 0 aliphatic heterocycles. The Hall–Kier alpha value is -1.68. The standard InChI is InChI=1S/C15H21N3O/c1-5-16-11(4)15-17-14(18-19-15)13-8-6-12(7-9-13)10(2)3/h6-11,16H,5H2,1-4H3. The summed E-state index contributed by atoms with van der Waals surface area (Å²) in [4.78, 5) is 4.43. The van der Waals surface area contributed by atoms with Crippen molar-refractivity contribution in [1.29, 1.82) is 0 Å². The minimum absolute atomic E-state index is 0.0844. The third kappa shape index (κ3) is 3.20. The molecule has 2 rings (SSSR count). The number of hydrogen-bond acceptors (Lipinski definition) is 4. The maximum Gasteiger partial charge on any atom is 0.243 e. The van der Waals surface area contributed by atoms with Crippen molar-refractivity contribution in [3.63, 3.8) is 0 Å². The molecule has 2 aromatic rings. The van der Waals surface area contributed by atoms with E-state index in [4.69, 9.17) is 4.52 Å². The maximum atomic E-state index is 5.29. The van der Waals surface area contributed by atoms with Gasteiger partial charge >= 0.3 is 0 Å². The van der Waals surface area contributed by atoms with Gasteiger partial charge in [0.25, 0.3) is 0 Å². The van der Waals surface area contributed by atoms with Gasteiger partial charge in [-0.15, -0.1) is 0 Å². The van der Waals surface area contributed by atoms with Crippen LogP contribution in [0, 0.1) is 0 Å². The molecule has 1 atom stereocenters. The minimum atomic E-state index is 0.0844. The number of benzene rings is 1. The van der Waals surface area contributed by atoms with Crippen LogP contribution in [-0.4, -0.2) is 16.7 Å². The highest BCUT2D eigenvalue weighted by Crippen LogP contribution is 2.21. The molecule has 0 fully saturated rings. The molecule has 1 heterocycles. The normalized spacial score (nSPS) is 12.9. The molecule has 4 heteroatoms. The summed E-state index contributed by atoms with van der Waals surface area (Å²) >= 11 is 0. The monoisotopic (exact) mass is 259 g/mol. The molecule has 0 saturated carbocycles. The second-order valence-electron chi connectivity index (χ2n) is 5.01. The molecule has 19 heavy (non-hydrogen) atoms. The van der Waals surface area contributed by atoms with E-state index in [1.165, 1.54) is 5.56 Å². The Morgan fingerprint density at radius 2 is 1.84 bits per heavy atom. The van der Waals surface area contributed by atoms with Crippen molar-refractivity contribution in [1.82, 2.24) is 15.5 Å². The van der Waals surface area contributed by atoms with E-state index in [0.717, 1.165) is 12.1 Å². The van der Waals surface area contributed by atoms with Gasteiger partial charge in [0, 0.05) is 5.56 Å². The van der Waals surface area contributed by atoms with Crippen molar-refractivity contribution in [2.75, 3.05) is 6.54 Å². The Labute approximate surface area is 114 Å². The van der Waals surface area contributed by atoms with Crippen molar-refractivity contribution in [3.8, 4) is 11.4 Å². The molecule has 0 spiro atoms. The lowest BCUT2D eigenvalue weighted by Crippen LogP contribution is -2.17. The van der Waals surface area contributed by atoms with Crippen LogP contribution in [0.1, 0.15) is 51.1 Å². The molecule has 1 aromatic carbocycles. The van der Waals surface area contributed by atoms with Crippen molar-refractivity contribution < 1.29 is 4.52 Å². The number of aromatic nitrogens is 2. The summed E-state index contributed by atoms with van der Waals surface area (Å²) in [5.41, 5.74) is 2.30. The van der Waals surface area contributed by atoms with Gasteiger partial charge in [-0.25, -0.2) is 0 Å². The molecule has 0 radical (unpaired) electrons. The predicted octanol–water partition coefficient (Wildman–Crippen LogP) is 3.53. The fraction of sp³-hybridized carbons (Fsp3) is 0.467. The first-order valence-electron chi connectivity index (χ1n) is 6.79. The van der Waals surface area contributed by atoms with Crippen molar-refractivity contribution in [3.05, 3.63) is 35.7 Å². The van der Waals surface area contributed by atoms with Crippen LogP contribution in [0.4, 0.5) is 0 Å². The van der Waals surface area contributed by atoms with E-state index in [1.807, 2.05) is 19.1 Å². The Morgan fingerprint density at radius 1 is 1.16 bits per heavy atom. The van der Waals surface area contributed by atoms with Gasteiger partial charge in [-0.3, -0.25) is 0 Å². The molecule has 4 nitrogen and oxygen atoms in total. The average Bonchev–Trinajstić information content (AvgIpc) is 2.89. The lowest BCUT2D eigenvalue weighted by molar-refractivity contribution is 0.342. The third-order valence-electron chi connectivity index (χ3n) is 3.16. The SMILES string of the molecule is CCNC(C)c1nc(-c2ccc(C(C)C)cc2)no1. The Bertz CT molecular complexity index is 516. The summed E-state index contributed by atoms with van der Waals surface area (Å²) in [5, 5.41) is 7.29. The van der Waals surface area contributed by atoms with Crippen LogP contribution < -0.4 is 5.32 Å². The van der Waals surface area contributed by atoms with Crippen molar-refractivity contribution in [2.45, 2.75) is 39.7 Å². The molecule has 0 amide bonds. The van der Waals surface area contributed by atoms with E-state index < -0.39 is 0 Å². The minimum Gasteiger partial charge on any atom is -0.337 e. The number of nitrogens with one attached hydrogen (secondary N) is 1. The van der Waals surface area contributed by atoms with Crippen LogP contribution in [0.2, 0.25) is 0 Å². The lowest BCUT2D eigenvalue weighted by Gasteiger charge is -2.05. The molecule has 0 aliphatic carbocycles. The quantitative estimate of drug-likeness (QED) is 0.892. The Morgan fingerprint density at radius 3 is 2.42 bits per heavy atom. The number of nitrogens with zero attached hydrogens (tertiary/aromatic N) is 2. The van der Waals surface area contributed by atoms with Gasteiger partial charge in [0.1, 0.15) is 0 Å². The van der Waals surface area contributed by atoms with Crippen molar-refractivity contribution >= 4 is 0 Å². The van der Waals surface area contributed by atoms with Crippen LogP contribution in [-0.2, 0) is 0 Å². The van der Waals surface area contributed by atoms with E-state index in [-0.39, 0.29) is 6.04 Å². The van der Waals surface area contributed by atoms with Gasteiger partial charge in [-0.2, -0.15) is 4.98 Å². The molecule has 0 saturated heterocycles. The zero-order chi connectivity index (χ0) is 13.8. The van der Waals surface area contributed by atoms with E-state index in [9.17, 15) is 0 Å². The smallest absolute Gasteiger partial charge is 0.243 e. The van der Waals surface area contributed by atoms with Crippen LogP contribution in [0.5, 0.6) is 0 Å². The highest BCUT2D eigenvalue weighted by atomic mass is 16.5. The maximum absolute atomic E-state index is 5.29. The molecule has 1 unspecified atom stereocenters. The predicted molar refractivity (Wildman–Crippen MR) is 75.9 cm³/mol. The molecule has 0 aliphatic rings. The first kappa shape index (κ1) is 13.7.